The summed E-state index contributed by atoms with van der Waals surface area (Å²) in [5.41, 5.74) is 0. The molecule has 4 atom stereocenters. The van der Waals surface area contributed by atoms with E-state index in [0.717, 1.165) is 38.5 Å². The van der Waals surface area contributed by atoms with Gasteiger partial charge in [0, 0.05) is 0 Å². The zero-order valence-corrected chi connectivity index (χ0v) is 27.4. The van der Waals surface area contributed by atoms with E-state index in [0.29, 0.717) is 13.2 Å². The Labute approximate surface area is 223 Å². The number of rotatable bonds is 8. The molecule has 0 N–H and O–H groups in total. The summed E-state index contributed by atoms with van der Waals surface area (Å²) in [4.78, 5) is 23.8. The molecule has 2 rings (SSSR count). The van der Waals surface area contributed by atoms with Crippen LogP contribution in [0.25, 0.3) is 0 Å². The molecule has 6 nitrogen and oxygen atoms in total. The lowest BCUT2D eigenvalue weighted by Crippen LogP contribution is -2.45. The summed E-state index contributed by atoms with van der Waals surface area (Å²) in [5, 5.41) is 0.379. The van der Waals surface area contributed by atoms with Gasteiger partial charge in [0.15, 0.2) is 16.6 Å². The minimum absolute atomic E-state index is 0.0425. The van der Waals surface area contributed by atoms with Crippen LogP contribution in [-0.4, -0.2) is 54.0 Å². The summed E-state index contributed by atoms with van der Waals surface area (Å²) in [6.45, 7) is 27.0. The lowest BCUT2D eigenvalue weighted by molar-refractivity contribution is -0.151. The molecule has 36 heavy (non-hydrogen) atoms. The van der Waals surface area contributed by atoms with E-state index in [4.69, 9.17) is 18.3 Å². The average molecular weight is 545 g/mol. The van der Waals surface area contributed by atoms with Crippen LogP contribution in [0.15, 0.2) is 0 Å². The number of carbonyl (C=O) groups is 2. The smallest absolute Gasteiger partial charge is 0.311 e. The summed E-state index contributed by atoms with van der Waals surface area (Å²) in [6, 6.07) is 0. The highest BCUT2D eigenvalue weighted by Gasteiger charge is 2.45. The molecule has 8 heteroatoms. The third-order valence-corrected chi connectivity index (χ3v) is 17.6. The van der Waals surface area contributed by atoms with Crippen molar-refractivity contribution >= 4 is 28.6 Å². The Kier molecular flexibility index (Phi) is 12.4. The molecule has 2 fully saturated rings. The van der Waals surface area contributed by atoms with Gasteiger partial charge in [0.05, 0.1) is 37.3 Å². The summed E-state index contributed by atoms with van der Waals surface area (Å²) in [6.07, 6.45) is 6.11. The molecule has 0 saturated heterocycles. The van der Waals surface area contributed by atoms with Gasteiger partial charge in [-0.25, -0.2) is 0 Å². The maximum Gasteiger partial charge on any atom is 0.311 e. The van der Waals surface area contributed by atoms with Crippen molar-refractivity contribution in [3.05, 3.63) is 0 Å². The maximum absolute atomic E-state index is 11.9. The van der Waals surface area contributed by atoms with Crippen molar-refractivity contribution in [3.63, 3.8) is 0 Å². The molecule has 0 aromatic carbocycles. The van der Waals surface area contributed by atoms with Crippen LogP contribution >= 0.6 is 0 Å². The van der Waals surface area contributed by atoms with Gasteiger partial charge in [-0.1, -0.05) is 41.5 Å². The molecule has 0 bridgehead atoms. The minimum Gasteiger partial charge on any atom is -0.466 e. The van der Waals surface area contributed by atoms with Crippen molar-refractivity contribution in [2.24, 2.45) is 11.8 Å². The van der Waals surface area contributed by atoms with Crippen molar-refractivity contribution in [2.75, 3.05) is 13.2 Å². The van der Waals surface area contributed by atoms with E-state index in [1.165, 1.54) is 0 Å². The third-order valence-electron chi connectivity index (χ3n) is 8.59. The Morgan fingerprint density at radius 2 is 0.944 bits per heavy atom. The standard InChI is InChI=1S/2C14H28O3Si/c2*1-7-16-13(15)11-9-8-10-12(11)17-18(5,6)14(2,3)4/h2*11-12H,7-10H2,1-6H3/t2*11-,12+/m10/s1. The normalized spacial score (nSPS) is 25.2. The van der Waals surface area contributed by atoms with Crippen molar-refractivity contribution in [1.29, 1.82) is 0 Å². The van der Waals surface area contributed by atoms with Crippen LogP contribution in [0.1, 0.15) is 93.9 Å². The predicted octanol–water partition coefficient (Wildman–Crippen LogP) is 7.48. The van der Waals surface area contributed by atoms with Crippen molar-refractivity contribution in [3.8, 4) is 0 Å². The molecule has 0 aromatic rings. The van der Waals surface area contributed by atoms with E-state index in [-0.39, 0.29) is 46.1 Å². The first-order valence-corrected chi connectivity index (χ1v) is 19.9. The summed E-state index contributed by atoms with van der Waals surface area (Å²) < 4.78 is 23.1. The first kappa shape index (κ1) is 33.3. The van der Waals surface area contributed by atoms with Crippen molar-refractivity contribution in [1.82, 2.24) is 0 Å². The molecule has 0 radical (unpaired) electrons. The van der Waals surface area contributed by atoms with Crippen LogP contribution in [0, 0.1) is 11.8 Å². The second-order valence-electron chi connectivity index (χ2n) is 13.4. The highest BCUT2D eigenvalue weighted by atomic mass is 28.4. The molecule has 2 saturated carbocycles. The minimum atomic E-state index is -1.79. The fourth-order valence-electron chi connectivity index (χ4n) is 4.28. The van der Waals surface area contributed by atoms with Gasteiger partial charge in [0.2, 0.25) is 0 Å². The molecule has 0 aromatic heterocycles. The second kappa shape index (κ2) is 13.4. The van der Waals surface area contributed by atoms with Gasteiger partial charge in [-0.05, 0) is 88.6 Å². The monoisotopic (exact) mass is 544 g/mol. The highest BCUT2D eigenvalue weighted by molar-refractivity contribution is 6.74. The third kappa shape index (κ3) is 9.24. The van der Waals surface area contributed by atoms with E-state index in [2.05, 4.69) is 67.7 Å². The van der Waals surface area contributed by atoms with Gasteiger partial charge < -0.3 is 18.3 Å². The zero-order chi connectivity index (χ0) is 27.9. The molecule has 0 amide bonds. The molecular formula is C28H56O6Si2. The number of hydrogen-bond acceptors (Lipinski definition) is 6. The zero-order valence-electron chi connectivity index (χ0n) is 25.4. The van der Waals surface area contributed by atoms with Gasteiger partial charge in [0.1, 0.15) is 0 Å². The number of carbonyl (C=O) groups excluding carboxylic acids is 2. The van der Waals surface area contributed by atoms with Crippen molar-refractivity contribution in [2.45, 2.75) is 142 Å². The number of ether oxygens (including phenoxy) is 2. The van der Waals surface area contributed by atoms with E-state index < -0.39 is 16.6 Å². The van der Waals surface area contributed by atoms with E-state index in [9.17, 15) is 9.59 Å². The van der Waals surface area contributed by atoms with Crippen LogP contribution in [0.4, 0.5) is 0 Å². The highest BCUT2D eigenvalue weighted by Crippen LogP contribution is 2.42. The Morgan fingerprint density at radius 3 is 1.19 bits per heavy atom. The fraction of sp³-hybridized carbons (Fsp3) is 0.929. The molecule has 212 valence electrons. The van der Waals surface area contributed by atoms with Crippen LogP contribution in [0.3, 0.4) is 0 Å². The lowest BCUT2D eigenvalue weighted by atomic mass is 10.1. The SMILES string of the molecule is CCOC(=O)[C@@H]1CCC[C@@H]1O[Si](C)(C)C(C)(C)C.CCOC(=O)[C@H]1CCC[C@H]1O[Si](C)(C)C(C)(C)C. The summed E-state index contributed by atoms with van der Waals surface area (Å²) >= 11 is 0. The topological polar surface area (TPSA) is 71.1 Å². The van der Waals surface area contributed by atoms with Gasteiger partial charge in [-0.15, -0.1) is 0 Å². The van der Waals surface area contributed by atoms with Crippen molar-refractivity contribution < 1.29 is 27.9 Å². The largest absolute Gasteiger partial charge is 0.466 e. The van der Waals surface area contributed by atoms with E-state index in [1.807, 2.05) is 13.8 Å². The first-order chi connectivity index (χ1) is 16.4. The van der Waals surface area contributed by atoms with Crippen LogP contribution in [0.5, 0.6) is 0 Å². The summed E-state index contributed by atoms with van der Waals surface area (Å²) in [5.74, 6) is -0.226. The lowest BCUT2D eigenvalue weighted by Gasteiger charge is -2.39. The maximum atomic E-state index is 11.9. The average Bonchev–Trinajstić information content (AvgIpc) is 3.36. The molecule has 0 heterocycles. The molecule has 0 aliphatic heterocycles. The second-order valence-corrected chi connectivity index (χ2v) is 22.9. The quantitative estimate of drug-likeness (QED) is 0.233. The Morgan fingerprint density at radius 1 is 0.639 bits per heavy atom. The van der Waals surface area contributed by atoms with Crippen LogP contribution in [-0.2, 0) is 27.9 Å². The Balaban J connectivity index is 0.000000360. The molecule has 0 spiro atoms. The van der Waals surface area contributed by atoms with Gasteiger partial charge in [-0.3, -0.25) is 9.59 Å². The molecule has 2 aliphatic rings. The number of hydrogen-bond donors (Lipinski definition) is 0. The molecule has 2 aliphatic carbocycles. The van der Waals surface area contributed by atoms with Crippen LogP contribution < -0.4 is 0 Å². The van der Waals surface area contributed by atoms with Crippen LogP contribution in [0.2, 0.25) is 36.3 Å². The molecule has 0 unspecified atom stereocenters. The fourth-order valence-corrected chi connectivity index (χ4v) is 7.07. The Hall–Kier alpha value is -0.706. The van der Waals surface area contributed by atoms with Gasteiger partial charge >= 0.3 is 11.9 Å². The number of esters is 2. The predicted molar refractivity (Wildman–Crippen MR) is 152 cm³/mol. The van der Waals surface area contributed by atoms with E-state index in [1.54, 1.807) is 0 Å². The van der Waals surface area contributed by atoms with Gasteiger partial charge in [-0.2, -0.15) is 0 Å². The van der Waals surface area contributed by atoms with E-state index >= 15 is 0 Å². The first-order valence-electron chi connectivity index (χ1n) is 14.1. The van der Waals surface area contributed by atoms with Gasteiger partial charge in [0.25, 0.3) is 0 Å². The Bertz CT molecular complexity index is 648. The molecular weight excluding hydrogens is 488 g/mol. The summed E-state index contributed by atoms with van der Waals surface area (Å²) in [7, 11) is -3.58.